The van der Waals surface area contributed by atoms with Crippen molar-refractivity contribution in [2.45, 2.75) is 25.4 Å². The molecule has 0 spiro atoms. The number of hydrogen-bond donors (Lipinski definition) is 3. The Morgan fingerprint density at radius 3 is 2.32 bits per heavy atom. The minimum atomic E-state index is -1.25. The van der Waals surface area contributed by atoms with E-state index in [9.17, 15) is 19.1 Å². The summed E-state index contributed by atoms with van der Waals surface area (Å²) in [5.74, 6) is -0.287. The van der Waals surface area contributed by atoms with E-state index in [1.54, 1.807) is 50.8 Å². The van der Waals surface area contributed by atoms with Crippen molar-refractivity contribution in [3.8, 4) is 23.0 Å². The van der Waals surface area contributed by atoms with Gasteiger partial charge in [-0.05, 0) is 55.3 Å². The molecule has 1 aliphatic heterocycles. The van der Waals surface area contributed by atoms with Crippen LogP contribution in [0.15, 0.2) is 59.6 Å². The Balaban J connectivity index is 1.24. The van der Waals surface area contributed by atoms with Gasteiger partial charge in [-0.1, -0.05) is 0 Å². The number of halogens is 1. The zero-order valence-corrected chi connectivity index (χ0v) is 20.8. The first-order valence-corrected chi connectivity index (χ1v) is 12.0. The molecule has 1 heterocycles. The quantitative estimate of drug-likeness (QED) is 0.280. The molecule has 5 rings (SSSR count). The monoisotopic (exact) mass is 519 g/mol. The lowest BCUT2D eigenvalue weighted by atomic mass is 10.0. The molecule has 0 aromatic heterocycles. The van der Waals surface area contributed by atoms with Crippen molar-refractivity contribution in [3.63, 3.8) is 0 Å². The number of carbonyl (C=O) groups excluding carboxylic acids is 2. The molecule has 9 nitrogen and oxygen atoms in total. The Kier molecular flexibility index (Phi) is 6.62. The van der Waals surface area contributed by atoms with Crippen LogP contribution in [0, 0.1) is 11.2 Å². The van der Waals surface area contributed by atoms with Crippen LogP contribution in [0.2, 0.25) is 0 Å². The lowest BCUT2D eigenvalue weighted by molar-refractivity contribution is -0.131. The van der Waals surface area contributed by atoms with Gasteiger partial charge >= 0.3 is 0 Å². The van der Waals surface area contributed by atoms with E-state index < -0.39 is 28.8 Å². The molecule has 196 valence electrons. The van der Waals surface area contributed by atoms with Crippen LogP contribution in [0.4, 0.5) is 21.5 Å². The molecule has 2 aliphatic rings. The zero-order chi connectivity index (χ0) is 26.9. The van der Waals surface area contributed by atoms with Gasteiger partial charge < -0.3 is 30.0 Å². The highest BCUT2D eigenvalue weighted by molar-refractivity contribution is 6.17. The van der Waals surface area contributed by atoms with Crippen LogP contribution < -0.4 is 24.8 Å². The molecule has 0 saturated heterocycles. The molecule has 2 amide bonds. The number of nitrogens with one attached hydrogen (secondary N) is 2. The van der Waals surface area contributed by atoms with Crippen molar-refractivity contribution in [1.29, 1.82) is 0 Å². The minimum Gasteiger partial charge on any atom is -0.506 e. The van der Waals surface area contributed by atoms with E-state index in [4.69, 9.17) is 14.2 Å². The van der Waals surface area contributed by atoms with Crippen molar-refractivity contribution in [2.24, 2.45) is 10.4 Å². The van der Waals surface area contributed by atoms with Crippen molar-refractivity contribution >= 4 is 35.1 Å². The number of amides is 2. The fraction of sp³-hybridized carbons (Fsp3) is 0.250. The van der Waals surface area contributed by atoms with Gasteiger partial charge in [0.15, 0.2) is 11.5 Å². The number of fused-ring (bicyclic) bond motifs is 1. The van der Waals surface area contributed by atoms with Gasteiger partial charge in [-0.15, -0.1) is 0 Å². The first-order chi connectivity index (χ1) is 18.3. The van der Waals surface area contributed by atoms with Crippen LogP contribution in [0.1, 0.15) is 30.9 Å². The highest BCUT2D eigenvalue weighted by Gasteiger charge is 2.56. The molecule has 3 aromatic carbocycles. The Bertz CT molecular complexity index is 1420. The van der Waals surface area contributed by atoms with Gasteiger partial charge in [0.2, 0.25) is 11.8 Å². The van der Waals surface area contributed by atoms with E-state index in [1.807, 2.05) is 6.07 Å². The molecule has 1 fully saturated rings. The van der Waals surface area contributed by atoms with Crippen LogP contribution in [-0.4, -0.2) is 37.4 Å². The first kappa shape index (κ1) is 25.1. The lowest BCUT2D eigenvalue weighted by Gasteiger charge is -2.24. The van der Waals surface area contributed by atoms with Gasteiger partial charge in [0.1, 0.15) is 28.8 Å². The summed E-state index contributed by atoms with van der Waals surface area (Å²) in [7, 11) is 3.14. The number of ether oxygens (including phenoxy) is 3. The summed E-state index contributed by atoms with van der Waals surface area (Å²) in [5.41, 5.74) is 0.910. The molecule has 1 unspecified atom stereocenters. The number of phenols is 1. The van der Waals surface area contributed by atoms with Gasteiger partial charge in [-0.3, -0.25) is 14.6 Å². The molecule has 0 bridgehead atoms. The van der Waals surface area contributed by atoms with Crippen LogP contribution >= 0.6 is 0 Å². The predicted octanol–water partition coefficient (Wildman–Crippen LogP) is 5.13. The molecule has 0 radical (unpaired) electrons. The third-order valence-electron chi connectivity index (χ3n) is 6.65. The standard InChI is InChI=1S/C28H26FN3O6/c1-36-24-14-19-21(15-25(24)37-2)30-12-9-23(19)38-18-6-4-17(5-7-18)31-26(34)28(10-11-28)27(35)32-20-8-3-16(29)13-22(20)33/h3-8,12-15,23,33H,9-11H2,1-2H3,(H,31,34)(H,32,35). The molecule has 1 saturated carbocycles. The van der Waals surface area contributed by atoms with Gasteiger partial charge in [0, 0.05) is 36.0 Å². The van der Waals surface area contributed by atoms with Crippen LogP contribution in [0.5, 0.6) is 23.0 Å². The number of benzene rings is 3. The number of phenolic OH excluding ortho intramolecular Hbond substituents is 1. The van der Waals surface area contributed by atoms with Gasteiger partial charge in [0.25, 0.3) is 0 Å². The number of aliphatic imine (C=N–C) groups is 1. The van der Waals surface area contributed by atoms with E-state index in [2.05, 4.69) is 15.6 Å². The Morgan fingerprint density at radius 2 is 1.66 bits per heavy atom. The number of methoxy groups -OCH3 is 2. The van der Waals surface area contributed by atoms with Crippen LogP contribution in [0.25, 0.3) is 0 Å². The predicted molar refractivity (Wildman–Crippen MR) is 139 cm³/mol. The summed E-state index contributed by atoms with van der Waals surface area (Å²) in [6.07, 6.45) is 2.81. The first-order valence-electron chi connectivity index (χ1n) is 12.0. The number of hydrogen-bond acceptors (Lipinski definition) is 7. The molecule has 38 heavy (non-hydrogen) atoms. The Morgan fingerprint density at radius 1 is 0.974 bits per heavy atom. The smallest absolute Gasteiger partial charge is 0.240 e. The highest BCUT2D eigenvalue weighted by atomic mass is 19.1. The SMILES string of the molecule is COc1cc2c(cc1OC)C(Oc1ccc(NC(=O)C3(C(=O)Nc4ccc(F)cc4O)CC3)cc1)CC=N2. The number of rotatable bonds is 8. The topological polar surface area (TPSA) is 118 Å². The fourth-order valence-corrected chi connectivity index (χ4v) is 4.31. The summed E-state index contributed by atoms with van der Waals surface area (Å²) in [5, 5.41) is 15.2. The Labute approximate surface area is 218 Å². The molecule has 1 aliphatic carbocycles. The van der Waals surface area contributed by atoms with E-state index in [0.29, 0.717) is 42.2 Å². The minimum absolute atomic E-state index is 0.0439. The normalized spacial score (nSPS) is 16.7. The fourth-order valence-electron chi connectivity index (χ4n) is 4.31. The average molecular weight is 520 g/mol. The average Bonchev–Trinajstić information content (AvgIpc) is 3.73. The zero-order valence-electron chi connectivity index (χ0n) is 20.8. The molecule has 10 heteroatoms. The second-order valence-corrected chi connectivity index (χ2v) is 9.10. The van der Waals surface area contributed by atoms with Crippen molar-refractivity contribution in [2.75, 3.05) is 24.9 Å². The molecular weight excluding hydrogens is 493 g/mol. The van der Waals surface area contributed by atoms with Gasteiger partial charge in [0.05, 0.1) is 25.6 Å². The summed E-state index contributed by atoms with van der Waals surface area (Å²) in [6, 6.07) is 13.8. The third kappa shape index (κ3) is 4.84. The maximum Gasteiger partial charge on any atom is 0.240 e. The van der Waals surface area contributed by atoms with Crippen molar-refractivity contribution in [3.05, 3.63) is 66.0 Å². The third-order valence-corrected chi connectivity index (χ3v) is 6.65. The van der Waals surface area contributed by atoms with E-state index in [0.717, 1.165) is 23.4 Å². The van der Waals surface area contributed by atoms with E-state index in [-0.39, 0.29) is 11.8 Å². The molecular formula is C28H26FN3O6. The maximum atomic E-state index is 13.2. The Hall–Kier alpha value is -4.60. The van der Waals surface area contributed by atoms with E-state index in [1.165, 1.54) is 6.07 Å². The summed E-state index contributed by atoms with van der Waals surface area (Å²) >= 11 is 0. The van der Waals surface area contributed by atoms with Crippen LogP contribution in [-0.2, 0) is 9.59 Å². The van der Waals surface area contributed by atoms with Crippen molar-refractivity contribution < 1.29 is 33.3 Å². The lowest BCUT2D eigenvalue weighted by Crippen LogP contribution is -2.35. The highest BCUT2D eigenvalue weighted by Crippen LogP contribution is 2.48. The second-order valence-electron chi connectivity index (χ2n) is 9.10. The molecule has 3 N–H and O–H groups in total. The van der Waals surface area contributed by atoms with Gasteiger partial charge in [-0.25, -0.2) is 4.39 Å². The van der Waals surface area contributed by atoms with Crippen LogP contribution in [0.3, 0.4) is 0 Å². The maximum absolute atomic E-state index is 13.2. The molecule has 3 aromatic rings. The molecule has 1 atom stereocenters. The summed E-state index contributed by atoms with van der Waals surface area (Å²) in [6.45, 7) is 0. The number of aromatic hydroxyl groups is 1. The number of nitrogens with zero attached hydrogens (tertiary/aromatic N) is 1. The number of carbonyl (C=O) groups is 2. The van der Waals surface area contributed by atoms with Gasteiger partial charge in [-0.2, -0.15) is 0 Å². The summed E-state index contributed by atoms with van der Waals surface area (Å²) in [4.78, 5) is 30.2. The van der Waals surface area contributed by atoms with E-state index >= 15 is 0 Å². The summed E-state index contributed by atoms with van der Waals surface area (Å²) < 4.78 is 30.2. The second kappa shape index (κ2) is 10.0. The largest absolute Gasteiger partial charge is 0.506 e. The number of anilines is 2. The van der Waals surface area contributed by atoms with Crippen molar-refractivity contribution in [1.82, 2.24) is 0 Å².